The molecule has 0 fully saturated rings. The van der Waals surface area contributed by atoms with E-state index >= 15 is 0 Å². The lowest BCUT2D eigenvalue weighted by atomic mass is 10.0. The summed E-state index contributed by atoms with van der Waals surface area (Å²) in [6.07, 6.45) is 9.07. The highest BCUT2D eigenvalue weighted by Gasteiger charge is 2.06. The SMILES string of the molecule is COc1cccc(CCc2ccccc2OCC2=CCC=CN2)c1. The lowest BCUT2D eigenvalue weighted by molar-refractivity contribution is 0.341. The van der Waals surface area contributed by atoms with Gasteiger partial charge in [0.1, 0.15) is 18.1 Å². The number of ether oxygens (including phenoxy) is 2. The van der Waals surface area contributed by atoms with Crippen LogP contribution in [0.2, 0.25) is 0 Å². The molecule has 3 heteroatoms. The molecule has 0 amide bonds. The lowest BCUT2D eigenvalue weighted by Gasteiger charge is -2.15. The Balaban J connectivity index is 1.62. The first-order chi connectivity index (χ1) is 11.8. The molecular formula is C21H23NO2. The number of hydrogen-bond acceptors (Lipinski definition) is 3. The normalized spacial score (nSPS) is 13.1. The van der Waals surface area contributed by atoms with Crippen molar-refractivity contribution >= 4 is 0 Å². The first kappa shape index (κ1) is 16.2. The van der Waals surface area contributed by atoms with Crippen molar-refractivity contribution in [2.75, 3.05) is 13.7 Å². The van der Waals surface area contributed by atoms with E-state index in [2.05, 4.69) is 41.7 Å². The molecule has 0 unspecified atom stereocenters. The van der Waals surface area contributed by atoms with E-state index in [4.69, 9.17) is 9.47 Å². The highest BCUT2D eigenvalue weighted by molar-refractivity contribution is 5.35. The summed E-state index contributed by atoms with van der Waals surface area (Å²) in [5.74, 6) is 1.86. The first-order valence-corrected chi connectivity index (χ1v) is 8.29. The highest BCUT2D eigenvalue weighted by Crippen LogP contribution is 2.22. The van der Waals surface area contributed by atoms with Gasteiger partial charge in [-0.1, -0.05) is 42.5 Å². The minimum atomic E-state index is 0.570. The third-order valence-corrected chi connectivity index (χ3v) is 4.06. The maximum absolute atomic E-state index is 6.02. The molecule has 124 valence electrons. The van der Waals surface area contributed by atoms with E-state index in [0.717, 1.165) is 36.5 Å². The number of aryl methyl sites for hydroxylation is 2. The van der Waals surface area contributed by atoms with Crippen molar-refractivity contribution in [3.8, 4) is 11.5 Å². The van der Waals surface area contributed by atoms with Gasteiger partial charge in [0, 0.05) is 5.70 Å². The van der Waals surface area contributed by atoms with Crippen LogP contribution in [-0.2, 0) is 12.8 Å². The van der Waals surface area contributed by atoms with E-state index in [1.54, 1.807) is 7.11 Å². The van der Waals surface area contributed by atoms with Gasteiger partial charge in [0.15, 0.2) is 0 Å². The zero-order valence-electron chi connectivity index (χ0n) is 14.0. The van der Waals surface area contributed by atoms with Crippen LogP contribution in [0.3, 0.4) is 0 Å². The van der Waals surface area contributed by atoms with Crippen LogP contribution in [0.4, 0.5) is 0 Å². The standard InChI is InChI=1S/C21H23NO2/c1-23-20-10-6-7-17(15-20)12-13-18-8-2-3-11-21(18)24-16-19-9-4-5-14-22-19/h2-3,5-11,14-15,22H,4,12-13,16H2,1H3. The van der Waals surface area contributed by atoms with Crippen LogP contribution < -0.4 is 14.8 Å². The zero-order chi connectivity index (χ0) is 16.6. The second kappa shape index (κ2) is 8.25. The summed E-state index contributed by atoms with van der Waals surface area (Å²) >= 11 is 0. The number of hydrogen-bond donors (Lipinski definition) is 1. The fourth-order valence-corrected chi connectivity index (χ4v) is 2.72. The largest absolute Gasteiger partial charge is 0.497 e. The molecule has 3 rings (SSSR count). The molecule has 0 atom stereocenters. The van der Waals surface area contributed by atoms with Gasteiger partial charge < -0.3 is 14.8 Å². The van der Waals surface area contributed by atoms with Gasteiger partial charge in [-0.2, -0.15) is 0 Å². The molecule has 0 radical (unpaired) electrons. The van der Waals surface area contributed by atoms with Gasteiger partial charge in [-0.15, -0.1) is 0 Å². The number of para-hydroxylation sites is 1. The Morgan fingerprint density at radius 3 is 2.79 bits per heavy atom. The van der Waals surface area contributed by atoms with Crippen molar-refractivity contribution in [3.63, 3.8) is 0 Å². The van der Waals surface area contributed by atoms with Gasteiger partial charge in [-0.3, -0.25) is 0 Å². The summed E-state index contributed by atoms with van der Waals surface area (Å²) in [5, 5.41) is 3.22. The summed E-state index contributed by atoms with van der Waals surface area (Å²) in [4.78, 5) is 0. The van der Waals surface area contributed by atoms with Crippen molar-refractivity contribution in [1.82, 2.24) is 5.32 Å². The van der Waals surface area contributed by atoms with Crippen LogP contribution in [-0.4, -0.2) is 13.7 Å². The maximum Gasteiger partial charge on any atom is 0.128 e. The van der Waals surface area contributed by atoms with E-state index in [1.807, 2.05) is 30.5 Å². The molecule has 2 aromatic carbocycles. The molecule has 1 aliphatic rings. The maximum atomic E-state index is 6.02. The van der Waals surface area contributed by atoms with Crippen LogP contribution >= 0.6 is 0 Å². The second-order valence-electron chi connectivity index (χ2n) is 5.76. The molecule has 1 heterocycles. The Morgan fingerprint density at radius 1 is 1.04 bits per heavy atom. The van der Waals surface area contributed by atoms with Crippen molar-refractivity contribution in [3.05, 3.63) is 83.7 Å². The Kier molecular flexibility index (Phi) is 5.56. The second-order valence-corrected chi connectivity index (χ2v) is 5.76. The van der Waals surface area contributed by atoms with E-state index < -0.39 is 0 Å². The molecule has 0 bridgehead atoms. The van der Waals surface area contributed by atoms with Gasteiger partial charge in [0.2, 0.25) is 0 Å². The summed E-state index contributed by atoms with van der Waals surface area (Å²) < 4.78 is 11.3. The molecule has 1 N–H and O–H groups in total. The van der Waals surface area contributed by atoms with Gasteiger partial charge in [0.05, 0.1) is 7.11 Å². The average Bonchev–Trinajstić information content (AvgIpc) is 2.66. The Labute approximate surface area is 143 Å². The third kappa shape index (κ3) is 4.42. The number of rotatable bonds is 7. The minimum Gasteiger partial charge on any atom is -0.497 e. The molecule has 0 saturated heterocycles. The molecule has 1 aliphatic heterocycles. The molecule has 2 aromatic rings. The topological polar surface area (TPSA) is 30.5 Å². The van der Waals surface area contributed by atoms with Crippen molar-refractivity contribution in [1.29, 1.82) is 0 Å². The Hall–Kier alpha value is -2.68. The number of benzene rings is 2. The molecular weight excluding hydrogens is 298 g/mol. The van der Waals surface area contributed by atoms with Gasteiger partial charge in [0.25, 0.3) is 0 Å². The highest BCUT2D eigenvalue weighted by atomic mass is 16.5. The number of allylic oxidation sites excluding steroid dienone is 2. The molecule has 0 aliphatic carbocycles. The smallest absolute Gasteiger partial charge is 0.128 e. The number of dihydropyridines is 1. The third-order valence-electron chi connectivity index (χ3n) is 4.06. The predicted octanol–water partition coefficient (Wildman–Crippen LogP) is 4.25. The fraction of sp³-hybridized carbons (Fsp3) is 0.238. The van der Waals surface area contributed by atoms with E-state index in [1.165, 1.54) is 11.1 Å². The fourth-order valence-electron chi connectivity index (χ4n) is 2.72. The molecule has 3 nitrogen and oxygen atoms in total. The zero-order valence-corrected chi connectivity index (χ0v) is 14.0. The van der Waals surface area contributed by atoms with Gasteiger partial charge in [-0.25, -0.2) is 0 Å². The van der Waals surface area contributed by atoms with Crippen molar-refractivity contribution in [2.45, 2.75) is 19.3 Å². The van der Waals surface area contributed by atoms with Crippen LogP contribution in [0.5, 0.6) is 11.5 Å². The summed E-state index contributed by atoms with van der Waals surface area (Å²) in [6.45, 7) is 0.570. The quantitative estimate of drug-likeness (QED) is 0.827. The average molecular weight is 321 g/mol. The molecule has 24 heavy (non-hydrogen) atoms. The predicted molar refractivity (Wildman–Crippen MR) is 97.3 cm³/mol. The monoisotopic (exact) mass is 321 g/mol. The summed E-state index contributed by atoms with van der Waals surface area (Å²) in [6, 6.07) is 16.5. The first-order valence-electron chi connectivity index (χ1n) is 8.29. The van der Waals surface area contributed by atoms with E-state index in [-0.39, 0.29) is 0 Å². The van der Waals surface area contributed by atoms with Crippen LogP contribution in [0.15, 0.2) is 72.6 Å². The number of nitrogens with one attached hydrogen (secondary N) is 1. The van der Waals surface area contributed by atoms with Crippen molar-refractivity contribution < 1.29 is 9.47 Å². The van der Waals surface area contributed by atoms with E-state index in [9.17, 15) is 0 Å². The molecule has 0 spiro atoms. The lowest BCUT2D eigenvalue weighted by Crippen LogP contribution is -2.15. The Bertz CT molecular complexity index is 734. The summed E-state index contributed by atoms with van der Waals surface area (Å²) in [5.41, 5.74) is 3.61. The van der Waals surface area contributed by atoms with Crippen LogP contribution in [0.25, 0.3) is 0 Å². The molecule has 0 saturated carbocycles. The van der Waals surface area contributed by atoms with Crippen LogP contribution in [0, 0.1) is 0 Å². The van der Waals surface area contributed by atoms with Crippen LogP contribution in [0.1, 0.15) is 17.5 Å². The number of methoxy groups -OCH3 is 1. The Morgan fingerprint density at radius 2 is 1.96 bits per heavy atom. The van der Waals surface area contributed by atoms with Gasteiger partial charge >= 0.3 is 0 Å². The van der Waals surface area contributed by atoms with Crippen molar-refractivity contribution in [2.24, 2.45) is 0 Å². The summed E-state index contributed by atoms with van der Waals surface area (Å²) in [7, 11) is 1.70. The van der Waals surface area contributed by atoms with Gasteiger partial charge in [-0.05, 0) is 54.8 Å². The van der Waals surface area contributed by atoms with E-state index in [0.29, 0.717) is 6.61 Å². The molecule has 0 aromatic heterocycles. The minimum absolute atomic E-state index is 0.570.